The van der Waals surface area contributed by atoms with Crippen molar-refractivity contribution < 1.29 is 45.1 Å². The van der Waals surface area contributed by atoms with Gasteiger partial charge in [-0.15, -0.1) is 13.2 Å². The number of benzene rings is 1. The molecule has 0 aliphatic heterocycles. The average Bonchev–Trinajstić information content (AvgIpc) is 2.79. The Morgan fingerprint density at radius 2 is 1.78 bits per heavy atom. The number of rotatable bonds is 7. The minimum Gasteiger partial charge on any atom is -0.403 e. The minimum absolute atomic E-state index is 0.0932. The fraction of sp³-hybridized carbons (Fsp3) is 0.429. The molecule has 36 heavy (non-hydrogen) atoms. The molecule has 2 atom stereocenters. The van der Waals surface area contributed by atoms with E-state index in [4.69, 9.17) is 11.6 Å². The van der Waals surface area contributed by atoms with Crippen molar-refractivity contribution in [3.8, 4) is 5.75 Å². The highest BCUT2D eigenvalue weighted by molar-refractivity contribution is 6.32. The fourth-order valence-electron chi connectivity index (χ4n) is 3.69. The Bertz CT molecular complexity index is 1080. The Kier molecular flexibility index (Phi) is 8.26. The molecule has 1 fully saturated rings. The van der Waals surface area contributed by atoms with Gasteiger partial charge in [0.05, 0.1) is 0 Å². The molecule has 1 aromatic carbocycles. The highest BCUT2D eigenvalue weighted by Crippen LogP contribution is 2.36. The number of amides is 2. The van der Waals surface area contributed by atoms with E-state index in [1.165, 1.54) is 0 Å². The van der Waals surface area contributed by atoms with Crippen LogP contribution in [0.25, 0.3) is 0 Å². The standard InChI is InChI=1S/C21H18ClF7N4O3/c22-17(24)19(35)33(13-1-2-15(14(23)7-13)36-21(27,28)29)16(11-8-30-10-31-9-11)18(34)32-12-3-5-20(25,26)6-4-12/h1-2,7-10,12,16-17H,3-6H2,(H,32,34). The van der Waals surface area contributed by atoms with Crippen LogP contribution in [-0.4, -0.2) is 45.7 Å². The number of carbonyl (C=O) groups is 2. The van der Waals surface area contributed by atoms with E-state index in [1.54, 1.807) is 0 Å². The number of hydrogen-bond donors (Lipinski definition) is 1. The number of nitrogens with zero attached hydrogens (tertiary/aromatic N) is 3. The molecular formula is C21H18ClF7N4O3. The first kappa shape index (κ1) is 27.4. The second-order valence-corrected chi connectivity index (χ2v) is 8.27. The van der Waals surface area contributed by atoms with Gasteiger partial charge in [0.1, 0.15) is 12.4 Å². The first-order chi connectivity index (χ1) is 16.8. The summed E-state index contributed by atoms with van der Waals surface area (Å²) in [7, 11) is 0. The molecule has 1 N–H and O–H groups in total. The summed E-state index contributed by atoms with van der Waals surface area (Å²) in [4.78, 5) is 33.9. The lowest BCUT2D eigenvalue weighted by atomic mass is 9.92. The second kappa shape index (κ2) is 10.8. The van der Waals surface area contributed by atoms with Crippen LogP contribution in [0.2, 0.25) is 0 Å². The molecule has 7 nitrogen and oxygen atoms in total. The third-order valence-corrected chi connectivity index (χ3v) is 5.50. The lowest BCUT2D eigenvalue weighted by Gasteiger charge is -2.34. The summed E-state index contributed by atoms with van der Waals surface area (Å²) in [6.07, 6.45) is -3.15. The normalized spacial score (nSPS) is 17.7. The maximum Gasteiger partial charge on any atom is 0.573 e. The summed E-state index contributed by atoms with van der Waals surface area (Å²) in [5, 5.41) is 2.50. The predicted octanol–water partition coefficient (Wildman–Crippen LogP) is 4.82. The van der Waals surface area contributed by atoms with E-state index < -0.39 is 71.9 Å². The molecular weight excluding hydrogens is 525 g/mol. The first-order valence-corrected chi connectivity index (χ1v) is 10.8. The van der Waals surface area contributed by atoms with Crippen LogP contribution >= 0.6 is 11.6 Å². The van der Waals surface area contributed by atoms with Crippen molar-refractivity contribution in [2.75, 3.05) is 4.90 Å². The van der Waals surface area contributed by atoms with Gasteiger partial charge in [0.25, 0.3) is 11.5 Å². The largest absolute Gasteiger partial charge is 0.573 e. The van der Waals surface area contributed by atoms with E-state index in [0.717, 1.165) is 24.8 Å². The van der Waals surface area contributed by atoms with Gasteiger partial charge in [0.15, 0.2) is 11.6 Å². The molecule has 1 aliphatic carbocycles. The fourth-order valence-corrected chi connectivity index (χ4v) is 3.80. The molecule has 15 heteroatoms. The zero-order chi connectivity index (χ0) is 26.7. The number of hydrogen-bond acceptors (Lipinski definition) is 5. The summed E-state index contributed by atoms with van der Waals surface area (Å²) in [5.74, 6) is -8.26. The first-order valence-electron chi connectivity index (χ1n) is 10.4. The van der Waals surface area contributed by atoms with E-state index in [-0.39, 0.29) is 18.4 Å². The number of nitrogens with one attached hydrogen (secondary N) is 1. The maximum absolute atomic E-state index is 14.4. The van der Waals surface area contributed by atoms with Crippen LogP contribution in [0.5, 0.6) is 5.75 Å². The minimum atomic E-state index is -5.22. The van der Waals surface area contributed by atoms with Gasteiger partial charge in [0, 0.05) is 48.6 Å². The molecule has 0 radical (unpaired) electrons. The van der Waals surface area contributed by atoms with Crippen molar-refractivity contribution in [3.63, 3.8) is 0 Å². The van der Waals surface area contributed by atoms with E-state index in [9.17, 15) is 40.3 Å². The van der Waals surface area contributed by atoms with Gasteiger partial charge in [-0.25, -0.2) is 27.5 Å². The van der Waals surface area contributed by atoms with Gasteiger partial charge in [0.2, 0.25) is 11.8 Å². The third-order valence-electron chi connectivity index (χ3n) is 5.31. The Labute approximate surface area is 204 Å². The highest BCUT2D eigenvalue weighted by atomic mass is 35.5. The van der Waals surface area contributed by atoms with Gasteiger partial charge < -0.3 is 10.1 Å². The molecule has 1 heterocycles. The van der Waals surface area contributed by atoms with Gasteiger partial charge >= 0.3 is 6.36 Å². The molecule has 1 aromatic heterocycles. The van der Waals surface area contributed by atoms with E-state index in [2.05, 4.69) is 20.0 Å². The van der Waals surface area contributed by atoms with E-state index in [0.29, 0.717) is 17.0 Å². The van der Waals surface area contributed by atoms with Crippen LogP contribution < -0.4 is 15.0 Å². The summed E-state index contributed by atoms with van der Waals surface area (Å²) < 4.78 is 96.5. The molecule has 0 bridgehead atoms. The number of aromatic nitrogens is 2. The molecule has 2 unspecified atom stereocenters. The van der Waals surface area contributed by atoms with Crippen LogP contribution in [0.15, 0.2) is 36.9 Å². The number of alkyl halides is 7. The number of carbonyl (C=O) groups excluding carboxylic acids is 2. The molecule has 3 rings (SSSR count). The zero-order valence-corrected chi connectivity index (χ0v) is 18.9. The van der Waals surface area contributed by atoms with Crippen LogP contribution in [0.4, 0.5) is 36.4 Å². The monoisotopic (exact) mass is 542 g/mol. The Hall–Kier alpha value is -3.16. The molecule has 2 amide bonds. The lowest BCUT2D eigenvalue weighted by Crippen LogP contribution is -2.49. The Balaban J connectivity index is 2.01. The average molecular weight is 543 g/mol. The summed E-state index contributed by atoms with van der Waals surface area (Å²) in [5.41, 5.74) is -3.39. The number of anilines is 1. The number of halogens is 8. The third kappa shape index (κ3) is 6.95. The van der Waals surface area contributed by atoms with Crippen molar-refractivity contribution in [1.82, 2.24) is 15.3 Å². The Morgan fingerprint density at radius 1 is 1.17 bits per heavy atom. The SMILES string of the molecule is O=C(NC1CCC(F)(F)CC1)C(c1cncnc1)N(C(=O)C(F)Cl)c1ccc(OC(F)(F)F)c(F)c1. The van der Waals surface area contributed by atoms with E-state index in [1.807, 2.05) is 0 Å². The zero-order valence-electron chi connectivity index (χ0n) is 18.1. The maximum atomic E-state index is 14.4. The van der Waals surface area contributed by atoms with Crippen molar-refractivity contribution in [3.05, 3.63) is 48.3 Å². The second-order valence-electron chi connectivity index (χ2n) is 7.88. The van der Waals surface area contributed by atoms with Gasteiger partial charge in [-0.1, -0.05) is 11.6 Å². The molecule has 196 valence electrons. The van der Waals surface area contributed by atoms with Crippen molar-refractivity contribution in [2.45, 2.75) is 55.7 Å². The van der Waals surface area contributed by atoms with Crippen molar-refractivity contribution in [1.29, 1.82) is 0 Å². The van der Waals surface area contributed by atoms with Crippen molar-refractivity contribution in [2.24, 2.45) is 0 Å². The predicted molar refractivity (Wildman–Crippen MR) is 111 cm³/mol. The smallest absolute Gasteiger partial charge is 0.403 e. The quantitative estimate of drug-likeness (QED) is 0.401. The van der Waals surface area contributed by atoms with Gasteiger partial charge in [-0.2, -0.15) is 0 Å². The summed E-state index contributed by atoms with van der Waals surface area (Å²) >= 11 is 5.32. The molecule has 2 aromatic rings. The van der Waals surface area contributed by atoms with Crippen molar-refractivity contribution >= 4 is 29.1 Å². The molecule has 0 saturated heterocycles. The van der Waals surface area contributed by atoms with E-state index >= 15 is 0 Å². The topological polar surface area (TPSA) is 84.4 Å². The van der Waals surface area contributed by atoms with Crippen LogP contribution in [0.3, 0.4) is 0 Å². The Morgan fingerprint density at radius 3 is 2.31 bits per heavy atom. The van der Waals surface area contributed by atoms with Gasteiger partial charge in [-0.3, -0.25) is 14.5 Å². The summed E-state index contributed by atoms with van der Waals surface area (Å²) in [6, 6.07) is -0.778. The highest BCUT2D eigenvalue weighted by Gasteiger charge is 2.40. The lowest BCUT2D eigenvalue weighted by molar-refractivity contribution is -0.275. The van der Waals surface area contributed by atoms with Crippen LogP contribution in [0.1, 0.15) is 37.3 Å². The van der Waals surface area contributed by atoms with Crippen LogP contribution in [-0.2, 0) is 9.59 Å². The van der Waals surface area contributed by atoms with Crippen LogP contribution in [0, 0.1) is 5.82 Å². The molecule has 1 saturated carbocycles. The number of ether oxygens (including phenoxy) is 1. The molecule has 0 spiro atoms. The van der Waals surface area contributed by atoms with Gasteiger partial charge in [-0.05, 0) is 25.0 Å². The molecule has 1 aliphatic rings. The summed E-state index contributed by atoms with van der Waals surface area (Å²) in [6.45, 7) is 0.